The molecule has 1 fully saturated rings. The van der Waals surface area contributed by atoms with Gasteiger partial charge in [-0.05, 0) is 52.4 Å². The van der Waals surface area contributed by atoms with Crippen molar-refractivity contribution in [2.75, 3.05) is 13.1 Å². The van der Waals surface area contributed by atoms with Crippen molar-refractivity contribution in [3.63, 3.8) is 0 Å². The van der Waals surface area contributed by atoms with Gasteiger partial charge in [-0.1, -0.05) is 20.3 Å². The fourth-order valence-corrected chi connectivity index (χ4v) is 4.18. The molecule has 0 spiro atoms. The minimum atomic E-state index is -4.52. The van der Waals surface area contributed by atoms with Crippen LogP contribution in [-0.4, -0.2) is 54.5 Å². The fourth-order valence-electron chi connectivity index (χ4n) is 3.97. The van der Waals surface area contributed by atoms with Gasteiger partial charge in [0, 0.05) is 24.2 Å². The van der Waals surface area contributed by atoms with E-state index in [1.807, 2.05) is 27.7 Å². The standard InChI is InChI=1S/C17H35N3O5S/c1-13-8-7-9-14(2)20(13)10-15(21)19-17(5,6)11-16(3,4)12-18-25-26(22,23)24/h13-14,18H,7-12H2,1-6H3,(H,19,21)(H,22,23,24). The molecule has 2 unspecified atom stereocenters. The molecule has 0 bridgehead atoms. The van der Waals surface area contributed by atoms with Crippen LogP contribution in [0, 0.1) is 5.41 Å². The molecule has 0 aromatic carbocycles. The lowest BCUT2D eigenvalue weighted by molar-refractivity contribution is -0.125. The first-order valence-electron chi connectivity index (χ1n) is 9.16. The highest BCUT2D eigenvalue weighted by molar-refractivity contribution is 7.80. The average Bonchev–Trinajstić information content (AvgIpc) is 2.39. The SMILES string of the molecule is CC1CCCC(C)N1CC(=O)NC(C)(C)CC(C)(C)CNOS(=O)(=O)O. The molecule has 9 heteroatoms. The molecular weight excluding hydrogens is 358 g/mol. The summed E-state index contributed by atoms with van der Waals surface area (Å²) in [5, 5.41) is 3.09. The lowest BCUT2D eigenvalue weighted by Crippen LogP contribution is -2.54. The Kier molecular flexibility index (Phi) is 8.04. The Labute approximate surface area is 157 Å². The molecule has 8 nitrogen and oxygen atoms in total. The fraction of sp³-hybridized carbons (Fsp3) is 0.941. The third-order valence-electron chi connectivity index (χ3n) is 4.82. The number of likely N-dealkylation sites (tertiary alicyclic amines) is 1. The van der Waals surface area contributed by atoms with Gasteiger partial charge in [0.2, 0.25) is 5.91 Å². The van der Waals surface area contributed by atoms with Crippen LogP contribution >= 0.6 is 0 Å². The van der Waals surface area contributed by atoms with Gasteiger partial charge in [0.25, 0.3) is 0 Å². The predicted octanol–water partition coefficient (Wildman–Crippen LogP) is 1.88. The van der Waals surface area contributed by atoms with Crippen LogP contribution in [0.2, 0.25) is 0 Å². The molecule has 0 aliphatic carbocycles. The maximum absolute atomic E-state index is 12.5. The molecule has 0 saturated carbocycles. The summed E-state index contributed by atoms with van der Waals surface area (Å²) in [4.78, 5) is 14.8. The second-order valence-electron chi connectivity index (χ2n) is 8.91. The van der Waals surface area contributed by atoms with E-state index in [1.165, 1.54) is 6.42 Å². The van der Waals surface area contributed by atoms with Crippen LogP contribution in [0.3, 0.4) is 0 Å². The van der Waals surface area contributed by atoms with E-state index in [-0.39, 0.29) is 17.9 Å². The Morgan fingerprint density at radius 3 is 2.23 bits per heavy atom. The van der Waals surface area contributed by atoms with Crippen molar-refractivity contribution in [2.45, 2.75) is 84.8 Å². The number of hydrogen-bond donors (Lipinski definition) is 3. The maximum Gasteiger partial charge on any atom is 0.413 e. The number of carbonyl (C=O) groups excluding carboxylic acids is 1. The van der Waals surface area contributed by atoms with Crippen molar-refractivity contribution in [3.05, 3.63) is 0 Å². The van der Waals surface area contributed by atoms with E-state index >= 15 is 0 Å². The van der Waals surface area contributed by atoms with E-state index in [9.17, 15) is 13.2 Å². The van der Waals surface area contributed by atoms with Crippen LogP contribution in [0.4, 0.5) is 0 Å². The summed E-state index contributed by atoms with van der Waals surface area (Å²) in [7, 11) is -4.52. The highest BCUT2D eigenvalue weighted by Crippen LogP contribution is 2.27. The third-order valence-corrected chi connectivity index (χ3v) is 5.14. The first-order valence-corrected chi connectivity index (χ1v) is 10.5. The zero-order chi connectivity index (χ0) is 20.2. The molecule has 1 rings (SSSR count). The Balaban J connectivity index is 2.54. The van der Waals surface area contributed by atoms with Crippen molar-refractivity contribution >= 4 is 16.3 Å². The molecule has 1 heterocycles. The molecule has 1 amide bonds. The van der Waals surface area contributed by atoms with Crippen LogP contribution in [0.1, 0.15) is 67.2 Å². The predicted molar refractivity (Wildman–Crippen MR) is 101 cm³/mol. The molecule has 0 aromatic heterocycles. The van der Waals surface area contributed by atoms with Crippen LogP contribution in [0.15, 0.2) is 0 Å². The van der Waals surface area contributed by atoms with Gasteiger partial charge in [-0.25, -0.2) is 0 Å². The van der Waals surface area contributed by atoms with Crippen molar-refractivity contribution in [1.29, 1.82) is 0 Å². The highest BCUT2D eigenvalue weighted by atomic mass is 32.3. The second kappa shape index (κ2) is 8.97. The number of hydroxylamine groups is 1. The number of amides is 1. The Morgan fingerprint density at radius 1 is 1.19 bits per heavy atom. The van der Waals surface area contributed by atoms with Gasteiger partial charge in [0.15, 0.2) is 0 Å². The lowest BCUT2D eigenvalue weighted by atomic mass is 9.80. The van der Waals surface area contributed by atoms with Crippen LogP contribution < -0.4 is 10.8 Å². The summed E-state index contributed by atoms with van der Waals surface area (Å²) in [5.41, 5.74) is 1.42. The van der Waals surface area contributed by atoms with Gasteiger partial charge in [-0.15, -0.1) is 0 Å². The average molecular weight is 394 g/mol. The molecule has 1 aliphatic heterocycles. The van der Waals surface area contributed by atoms with Crippen molar-refractivity contribution in [2.24, 2.45) is 5.41 Å². The number of carbonyl (C=O) groups is 1. The van der Waals surface area contributed by atoms with Gasteiger partial charge >= 0.3 is 10.4 Å². The number of nitrogens with zero attached hydrogens (tertiary/aromatic N) is 1. The van der Waals surface area contributed by atoms with Gasteiger partial charge < -0.3 is 5.32 Å². The van der Waals surface area contributed by atoms with E-state index in [1.54, 1.807) is 0 Å². The lowest BCUT2D eigenvalue weighted by Gasteiger charge is -2.40. The summed E-state index contributed by atoms with van der Waals surface area (Å²) in [6.07, 6.45) is 4.04. The molecule has 0 aromatic rings. The van der Waals surface area contributed by atoms with E-state index in [0.29, 0.717) is 25.0 Å². The minimum absolute atomic E-state index is 0.00598. The van der Waals surface area contributed by atoms with Crippen LogP contribution in [-0.2, 0) is 19.5 Å². The van der Waals surface area contributed by atoms with E-state index < -0.39 is 15.9 Å². The van der Waals surface area contributed by atoms with Gasteiger partial charge in [0.05, 0.1) is 6.54 Å². The summed E-state index contributed by atoms with van der Waals surface area (Å²) < 4.78 is 34.0. The third kappa shape index (κ3) is 8.77. The number of piperidine rings is 1. The van der Waals surface area contributed by atoms with E-state index in [2.05, 4.69) is 33.8 Å². The van der Waals surface area contributed by atoms with Crippen molar-refractivity contribution in [3.8, 4) is 0 Å². The van der Waals surface area contributed by atoms with Gasteiger partial charge in [-0.3, -0.25) is 14.2 Å². The summed E-state index contributed by atoms with van der Waals surface area (Å²) in [6, 6.07) is 0.816. The summed E-state index contributed by atoms with van der Waals surface area (Å²) in [6.45, 7) is 12.7. The van der Waals surface area contributed by atoms with Crippen molar-refractivity contribution < 1.29 is 22.0 Å². The highest BCUT2D eigenvalue weighted by Gasteiger charge is 2.32. The van der Waals surface area contributed by atoms with Gasteiger partial charge in [0.1, 0.15) is 0 Å². The first-order chi connectivity index (χ1) is 11.7. The molecule has 26 heavy (non-hydrogen) atoms. The number of hydrogen-bond acceptors (Lipinski definition) is 6. The van der Waals surface area contributed by atoms with Crippen molar-refractivity contribution in [1.82, 2.24) is 15.7 Å². The van der Waals surface area contributed by atoms with E-state index in [0.717, 1.165) is 12.8 Å². The number of rotatable bonds is 9. The largest absolute Gasteiger partial charge is 0.413 e. The number of nitrogens with one attached hydrogen (secondary N) is 2. The normalized spacial score (nSPS) is 23.0. The smallest absolute Gasteiger partial charge is 0.350 e. The maximum atomic E-state index is 12.5. The Bertz CT molecular complexity index is 567. The monoisotopic (exact) mass is 393 g/mol. The molecule has 1 aliphatic rings. The molecule has 0 radical (unpaired) electrons. The summed E-state index contributed by atoms with van der Waals surface area (Å²) >= 11 is 0. The zero-order valence-electron chi connectivity index (χ0n) is 16.8. The molecule has 2 atom stereocenters. The van der Waals surface area contributed by atoms with Crippen LogP contribution in [0.5, 0.6) is 0 Å². The minimum Gasteiger partial charge on any atom is -0.350 e. The molecular formula is C17H35N3O5S. The second-order valence-corrected chi connectivity index (χ2v) is 9.93. The van der Waals surface area contributed by atoms with Gasteiger partial charge in [-0.2, -0.15) is 18.2 Å². The molecule has 3 N–H and O–H groups in total. The van der Waals surface area contributed by atoms with E-state index in [4.69, 9.17) is 4.55 Å². The quantitative estimate of drug-likeness (QED) is 0.405. The molecule has 154 valence electrons. The van der Waals surface area contributed by atoms with Crippen LogP contribution in [0.25, 0.3) is 0 Å². The molecule has 1 saturated heterocycles. The topological polar surface area (TPSA) is 108 Å². The first kappa shape index (κ1) is 23.3. The summed E-state index contributed by atoms with van der Waals surface area (Å²) in [5.74, 6) is -0.00598. The Morgan fingerprint density at radius 2 is 1.73 bits per heavy atom. The Hall–Kier alpha value is -0.740. The zero-order valence-corrected chi connectivity index (χ0v) is 17.6.